The zero-order chi connectivity index (χ0) is 9.10. The molecular weight excluding hydrogens is 188 g/mol. The van der Waals surface area contributed by atoms with Gasteiger partial charge in [0.15, 0.2) is 0 Å². The van der Waals surface area contributed by atoms with E-state index >= 15 is 0 Å². The van der Waals surface area contributed by atoms with Crippen molar-refractivity contribution in [1.29, 1.82) is 0 Å². The fourth-order valence-electron chi connectivity index (χ4n) is 1.25. The highest BCUT2D eigenvalue weighted by Gasteiger charge is 2.07. The summed E-state index contributed by atoms with van der Waals surface area (Å²) in [4.78, 5) is 7.92. The van der Waals surface area contributed by atoms with Gasteiger partial charge < -0.3 is 4.74 Å². The Kier molecular flexibility index (Phi) is 2.57. The molecule has 0 unspecified atom stereocenters. The minimum Gasteiger partial charge on any atom is -0.376 e. The monoisotopic (exact) mass is 196 g/mol. The lowest BCUT2D eigenvalue weighted by Crippen LogP contribution is -2.06. The Balaban J connectivity index is 2.29. The van der Waals surface area contributed by atoms with Crippen LogP contribution in [-0.4, -0.2) is 23.2 Å². The molecule has 0 aromatic carbocycles. The minimum absolute atomic E-state index is 0.281. The van der Waals surface area contributed by atoms with Gasteiger partial charge in [-0.05, 0) is 29.7 Å². The first kappa shape index (κ1) is 8.66. The molecule has 0 amide bonds. The number of ether oxygens (including phenoxy) is 1. The smallest absolute Gasteiger partial charge is 0.222 e. The van der Waals surface area contributed by atoms with Crippen LogP contribution < -0.4 is 0 Å². The van der Waals surface area contributed by atoms with Crippen LogP contribution in [0.2, 0.25) is 5.28 Å². The van der Waals surface area contributed by atoms with E-state index in [4.69, 9.17) is 16.3 Å². The molecule has 1 aliphatic heterocycles. The molecule has 0 bridgehead atoms. The van der Waals surface area contributed by atoms with Crippen LogP contribution in [0.25, 0.3) is 5.57 Å². The van der Waals surface area contributed by atoms with Gasteiger partial charge in [0.2, 0.25) is 5.28 Å². The quantitative estimate of drug-likeness (QED) is 0.644. The van der Waals surface area contributed by atoms with Crippen LogP contribution in [0.15, 0.2) is 18.3 Å². The van der Waals surface area contributed by atoms with Gasteiger partial charge >= 0.3 is 0 Å². The first-order valence-electron chi connectivity index (χ1n) is 4.12. The predicted octanol–water partition coefficient (Wildman–Crippen LogP) is 1.93. The first-order valence-corrected chi connectivity index (χ1v) is 4.50. The molecule has 0 radical (unpaired) electrons. The van der Waals surface area contributed by atoms with Gasteiger partial charge in [-0.15, -0.1) is 0 Å². The van der Waals surface area contributed by atoms with E-state index in [1.54, 1.807) is 6.20 Å². The topological polar surface area (TPSA) is 35.0 Å². The average molecular weight is 197 g/mol. The van der Waals surface area contributed by atoms with Crippen LogP contribution >= 0.6 is 11.6 Å². The maximum absolute atomic E-state index is 5.67. The molecule has 1 aromatic heterocycles. The van der Waals surface area contributed by atoms with Crippen molar-refractivity contribution in [1.82, 2.24) is 9.97 Å². The molecule has 0 atom stereocenters. The van der Waals surface area contributed by atoms with Crippen molar-refractivity contribution in [3.63, 3.8) is 0 Å². The lowest BCUT2D eigenvalue weighted by molar-refractivity contribution is 0.164. The molecule has 2 rings (SSSR count). The number of rotatable bonds is 1. The van der Waals surface area contributed by atoms with Crippen LogP contribution in [0.3, 0.4) is 0 Å². The Bertz CT molecular complexity index is 338. The van der Waals surface area contributed by atoms with Gasteiger partial charge in [-0.3, -0.25) is 0 Å². The summed E-state index contributed by atoms with van der Waals surface area (Å²) in [5.41, 5.74) is 1.95. The largest absolute Gasteiger partial charge is 0.376 e. The molecule has 0 saturated heterocycles. The van der Waals surface area contributed by atoms with Crippen LogP contribution in [-0.2, 0) is 4.74 Å². The molecule has 0 saturated carbocycles. The van der Waals surface area contributed by atoms with E-state index in [9.17, 15) is 0 Å². The zero-order valence-electron chi connectivity index (χ0n) is 7.03. The van der Waals surface area contributed by atoms with Gasteiger partial charge in [0.25, 0.3) is 0 Å². The summed E-state index contributed by atoms with van der Waals surface area (Å²) in [6.07, 6.45) is 4.72. The molecule has 0 aliphatic carbocycles. The van der Waals surface area contributed by atoms with E-state index in [1.165, 1.54) is 0 Å². The third kappa shape index (κ3) is 2.05. The number of hydrogen-bond acceptors (Lipinski definition) is 3. The number of nitrogens with zero attached hydrogens (tertiary/aromatic N) is 2. The highest BCUT2D eigenvalue weighted by atomic mass is 35.5. The van der Waals surface area contributed by atoms with Crippen molar-refractivity contribution in [2.24, 2.45) is 0 Å². The molecule has 0 fully saturated rings. The number of halogens is 1. The van der Waals surface area contributed by atoms with Crippen molar-refractivity contribution in [2.75, 3.05) is 13.2 Å². The standard InChI is InChI=1S/C9H9ClN2O/c10-9-11-4-3-8(12-9)7-2-1-5-13-6-7/h2-4H,1,5-6H2. The summed E-state index contributed by atoms with van der Waals surface area (Å²) in [6.45, 7) is 1.41. The number of hydrogen-bond donors (Lipinski definition) is 0. The highest BCUT2D eigenvalue weighted by Crippen LogP contribution is 2.17. The number of aromatic nitrogens is 2. The lowest BCUT2D eigenvalue weighted by atomic mass is 10.1. The molecule has 3 nitrogen and oxygen atoms in total. The molecule has 68 valence electrons. The van der Waals surface area contributed by atoms with Crippen LogP contribution in [0.5, 0.6) is 0 Å². The fraction of sp³-hybridized carbons (Fsp3) is 0.333. The molecule has 1 aliphatic rings. The summed E-state index contributed by atoms with van der Waals surface area (Å²) in [5, 5.41) is 0.281. The normalized spacial score (nSPS) is 16.8. The van der Waals surface area contributed by atoms with Gasteiger partial charge in [-0.2, -0.15) is 0 Å². The Morgan fingerprint density at radius 2 is 2.38 bits per heavy atom. The molecule has 4 heteroatoms. The molecule has 0 spiro atoms. The second-order valence-corrected chi connectivity index (χ2v) is 3.12. The Morgan fingerprint density at radius 3 is 3.08 bits per heavy atom. The Morgan fingerprint density at radius 1 is 1.46 bits per heavy atom. The molecule has 0 N–H and O–H groups in total. The van der Waals surface area contributed by atoms with Crippen molar-refractivity contribution >= 4 is 17.2 Å². The summed E-state index contributed by atoms with van der Waals surface area (Å²) >= 11 is 5.67. The maximum Gasteiger partial charge on any atom is 0.222 e. The van der Waals surface area contributed by atoms with Crippen LogP contribution in [0.4, 0.5) is 0 Å². The van der Waals surface area contributed by atoms with Crippen LogP contribution in [0, 0.1) is 0 Å². The molecule has 1 aromatic rings. The van der Waals surface area contributed by atoms with Gasteiger partial charge in [0, 0.05) is 6.20 Å². The molecule has 13 heavy (non-hydrogen) atoms. The van der Waals surface area contributed by atoms with Gasteiger partial charge in [0.05, 0.1) is 18.9 Å². The first-order chi connectivity index (χ1) is 6.36. The summed E-state index contributed by atoms with van der Waals surface area (Å²) in [6, 6.07) is 1.84. The molecule has 2 heterocycles. The Hall–Kier alpha value is -0.930. The van der Waals surface area contributed by atoms with E-state index in [-0.39, 0.29) is 5.28 Å². The van der Waals surface area contributed by atoms with Crippen LogP contribution in [0.1, 0.15) is 12.1 Å². The van der Waals surface area contributed by atoms with E-state index in [1.807, 2.05) is 6.07 Å². The average Bonchev–Trinajstić information content (AvgIpc) is 2.19. The second kappa shape index (κ2) is 3.85. The van der Waals surface area contributed by atoms with E-state index in [0.29, 0.717) is 6.61 Å². The van der Waals surface area contributed by atoms with Crippen molar-refractivity contribution in [2.45, 2.75) is 6.42 Å². The Labute approximate surface area is 81.4 Å². The van der Waals surface area contributed by atoms with Gasteiger partial charge in [-0.25, -0.2) is 9.97 Å². The van der Waals surface area contributed by atoms with Gasteiger partial charge in [-0.1, -0.05) is 6.08 Å². The fourth-order valence-corrected chi connectivity index (χ4v) is 1.40. The van der Waals surface area contributed by atoms with Crippen molar-refractivity contribution in [3.05, 3.63) is 29.3 Å². The highest BCUT2D eigenvalue weighted by molar-refractivity contribution is 6.28. The van der Waals surface area contributed by atoms with Crippen molar-refractivity contribution < 1.29 is 4.74 Å². The maximum atomic E-state index is 5.67. The SMILES string of the molecule is Clc1nccc(C2=CCCOC2)n1. The summed E-state index contributed by atoms with van der Waals surface area (Å²) in [7, 11) is 0. The summed E-state index contributed by atoms with van der Waals surface area (Å²) in [5.74, 6) is 0. The van der Waals surface area contributed by atoms with E-state index in [0.717, 1.165) is 24.3 Å². The van der Waals surface area contributed by atoms with E-state index in [2.05, 4.69) is 16.0 Å². The van der Waals surface area contributed by atoms with E-state index < -0.39 is 0 Å². The predicted molar refractivity (Wildman–Crippen MR) is 50.5 cm³/mol. The third-order valence-electron chi connectivity index (χ3n) is 1.87. The second-order valence-electron chi connectivity index (χ2n) is 2.78. The molecular formula is C9H9ClN2O. The lowest BCUT2D eigenvalue weighted by Gasteiger charge is -2.12. The zero-order valence-corrected chi connectivity index (χ0v) is 7.79. The van der Waals surface area contributed by atoms with Crippen molar-refractivity contribution in [3.8, 4) is 0 Å². The van der Waals surface area contributed by atoms with Gasteiger partial charge in [0.1, 0.15) is 0 Å². The minimum atomic E-state index is 0.281. The third-order valence-corrected chi connectivity index (χ3v) is 2.05. The summed E-state index contributed by atoms with van der Waals surface area (Å²) < 4.78 is 5.30.